The molecule has 8 heteroatoms. The smallest absolute Gasteiger partial charge is 0.241 e. The van der Waals surface area contributed by atoms with Crippen LogP contribution in [0.2, 0.25) is 0 Å². The van der Waals surface area contributed by atoms with Crippen molar-refractivity contribution in [1.29, 1.82) is 0 Å². The van der Waals surface area contributed by atoms with Gasteiger partial charge in [-0.3, -0.25) is 9.69 Å². The van der Waals surface area contributed by atoms with E-state index in [2.05, 4.69) is 15.5 Å². The van der Waals surface area contributed by atoms with E-state index >= 15 is 0 Å². The largest absolute Gasteiger partial charge is 0.497 e. The van der Waals surface area contributed by atoms with Crippen LogP contribution in [0.1, 0.15) is 12.8 Å². The number of amides is 1. The molecule has 1 amide bonds. The summed E-state index contributed by atoms with van der Waals surface area (Å²) in [5.74, 6) is 2.27. The molecular formula is C21H24N4O4. The van der Waals surface area contributed by atoms with Gasteiger partial charge in [0.15, 0.2) is 0 Å². The second-order valence-electron chi connectivity index (χ2n) is 6.32. The number of aromatic nitrogens is 2. The van der Waals surface area contributed by atoms with E-state index in [0.29, 0.717) is 30.5 Å². The van der Waals surface area contributed by atoms with Crippen molar-refractivity contribution in [3.8, 4) is 22.9 Å². The Morgan fingerprint density at radius 2 is 1.86 bits per heavy atom. The Hall–Kier alpha value is -3.39. The summed E-state index contributed by atoms with van der Waals surface area (Å²) in [5, 5.41) is 6.90. The SMILES string of the molecule is CCN(CC(=O)Nc1ccc(OC)cc1)Cc1nc(-c2cccc(OC)c2)no1. The quantitative estimate of drug-likeness (QED) is 0.594. The van der Waals surface area contributed by atoms with Crippen LogP contribution in [0.4, 0.5) is 5.69 Å². The number of carbonyl (C=O) groups is 1. The van der Waals surface area contributed by atoms with E-state index in [-0.39, 0.29) is 12.5 Å². The molecule has 152 valence electrons. The van der Waals surface area contributed by atoms with Gasteiger partial charge >= 0.3 is 0 Å². The first kappa shape index (κ1) is 20.3. The van der Waals surface area contributed by atoms with Crippen LogP contribution in [0, 0.1) is 0 Å². The summed E-state index contributed by atoms with van der Waals surface area (Å²) in [6.07, 6.45) is 0. The van der Waals surface area contributed by atoms with Crippen molar-refractivity contribution < 1.29 is 18.8 Å². The number of ether oxygens (including phenoxy) is 2. The van der Waals surface area contributed by atoms with Gasteiger partial charge in [-0.15, -0.1) is 0 Å². The molecule has 0 bridgehead atoms. The van der Waals surface area contributed by atoms with Gasteiger partial charge in [0.25, 0.3) is 0 Å². The minimum Gasteiger partial charge on any atom is -0.497 e. The standard InChI is InChI=1S/C21H24N4O4/c1-4-25(13-19(26)22-16-8-10-17(27-2)11-9-16)14-20-23-21(24-29-20)15-6-5-7-18(12-15)28-3/h5-12H,4,13-14H2,1-3H3,(H,22,26). The molecule has 29 heavy (non-hydrogen) atoms. The van der Waals surface area contributed by atoms with Crippen molar-refractivity contribution in [2.24, 2.45) is 0 Å². The van der Waals surface area contributed by atoms with Crippen LogP contribution in [0.5, 0.6) is 11.5 Å². The van der Waals surface area contributed by atoms with E-state index in [1.807, 2.05) is 36.1 Å². The molecule has 0 radical (unpaired) electrons. The van der Waals surface area contributed by atoms with E-state index < -0.39 is 0 Å². The molecule has 0 saturated heterocycles. The molecule has 0 aliphatic rings. The number of likely N-dealkylation sites (N-methyl/N-ethyl adjacent to an activating group) is 1. The molecule has 1 heterocycles. The molecule has 2 aromatic carbocycles. The molecule has 1 N–H and O–H groups in total. The Kier molecular flexibility index (Phi) is 6.80. The Morgan fingerprint density at radius 3 is 2.55 bits per heavy atom. The van der Waals surface area contributed by atoms with Gasteiger partial charge in [-0.1, -0.05) is 24.2 Å². The Balaban J connectivity index is 1.59. The lowest BCUT2D eigenvalue weighted by molar-refractivity contribution is -0.117. The molecule has 3 rings (SSSR count). The van der Waals surface area contributed by atoms with Crippen LogP contribution in [0.25, 0.3) is 11.4 Å². The van der Waals surface area contributed by atoms with Crippen molar-refractivity contribution in [3.63, 3.8) is 0 Å². The third-order valence-corrected chi connectivity index (χ3v) is 4.34. The normalized spacial score (nSPS) is 10.8. The number of hydrogen-bond donors (Lipinski definition) is 1. The van der Waals surface area contributed by atoms with Crippen LogP contribution in [-0.2, 0) is 11.3 Å². The summed E-state index contributed by atoms with van der Waals surface area (Å²) in [6.45, 7) is 3.22. The molecule has 3 aromatic rings. The van der Waals surface area contributed by atoms with Crippen molar-refractivity contribution in [2.45, 2.75) is 13.5 Å². The van der Waals surface area contributed by atoms with Crippen LogP contribution >= 0.6 is 0 Å². The molecular weight excluding hydrogens is 372 g/mol. The van der Waals surface area contributed by atoms with E-state index in [1.54, 1.807) is 38.5 Å². The Labute approximate surface area is 169 Å². The molecule has 0 unspecified atom stereocenters. The first-order valence-corrected chi connectivity index (χ1v) is 9.24. The number of rotatable bonds is 9. The van der Waals surface area contributed by atoms with Crippen LogP contribution in [-0.4, -0.2) is 48.3 Å². The lowest BCUT2D eigenvalue weighted by Crippen LogP contribution is -2.32. The highest BCUT2D eigenvalue weighted by Crippen LogP contribution is 2.21. The summed E-state index contributed by atoms with van der Waals surface area (Å²) < 4.78 is 15.7. The highest BCUT2D eigenvalue weighted by atomic mass is 16.5. The first-order valence-electron chi connectivity index (χ1n) is 9.24. The number of methoxy groups -OCH3 is 2. The summed E-state index contributed by atoms with van der Waals surface area (Å²) in [5.41, 5.74) is 1.52. The monoisotopic (exact) mass is 396 g/mol. The lowest BCUT2D eigenvalue weighted by atomic mass is 10.2. The topological polar surface area (TPSA) is 89.7 Å². The highest BCUT2D eigenvalue weighted by Gasteiger charge is 2.15. The molecule has 0 aliphatic carbocycles. The molecule has 1 aromatic heterocycles. The lowest BCUT2D eigenvalue weighted by Gasteiger charge is -2.17. The first-order chi connectivity index (χ1) is 14.1. The van der Waals surface area contributed by atoms with Gasteiger partial charge in [-0.25, -0.2) is 0 Å². The summed E-state index contributed by atoms with van der Waals surface area (Å²) >= 11 is 0. The zero-order valence-electron chi connectivity index (χ0n) is 16.7. The number of benzene rings is 2. The minimum absolute atomic E-state index is 0.121. The zero-order valence-corrected chi connectivity index (χ0v) is 16.7. The maximum Gasteiger partial charge on any atom is 0.241 e. The predicted octanol–water partition coefficient (Wildman–Crippen LogP) is 3.21. The van der Waals surface area contributed by atoms with Gasteiger partial charge in [-0.2, -0.15) is 4.98 Å². The summed E-state index contributed by atoms with van der Waals surface area (Å²) in [6, 6.07) is 14.6. The predicted molar refractivity (Wildman–Crippen MR) is 109 cm³/mol. The van der Waals surface area contributed by atoms with Crippen molar-refractivity contribution in [3.05, 3.63) is 54.4 Å². The maximum atomic E-state index is 12.4. The molecule has 0 aliphatic heterocycles. The Morgan fingerprint density at radius 1 is 1.10 bits per heavy atom. The number of nitrogens with zero attached hydrogens (tertiary/aromatic N) is 3. The number of nitrogens with one attached hydrogen (secondary N) is 1. The van der Waals surface area contributed by atoms with E-state index in [0.717, 1.165) is 17.1 Å². The second kappa shape index (κ2) is 9.70. The molecule has 0 atom stereocenters. The molecule has 0 fully saturated rings. The molecule has 0 spiro atoms. The third kappa shape index (κ3) is 5.55. The van der Waals surface area contributed by atoms with Gasteiger partial charge in [0.05, 0.1) is 27.3 Å². The number of hydrogen-bond acceptors (Lipinski definition) is 7. The summed E-state index contributed by atoms with van der Waals surface area (Å²) in [7, 11) is 3.21. The fourth-order valence-corrected chi connectivity index (χ4v) is 2.75. The van der Waals surface area contributed by atoms with Crippen molar-refractivity contribution >= 4 is 11.6 Å². The average Bonchev–Trinajstić information content (AvgIpc) is 3.22. The van der Waals surface area contributed by atoms with Gasteiger partial charge < -0.3 is 19.3 Å². The van der Waals surface area contributed by atoms with Gasteiger partial charge in [-0.05, 0) is 42.9 Å². The van der Waals surface area contributed by atoms with Crippen molar-refractivity contribution in [2.75, 3.05) is 32.6 Å². The minimum atomic E-state index is -0.121. The fraction of sp³-hybridized carbons (Fsp3) is 0.286. The number of carbonyl (C=O) groups excluding carboxylic acids is 1. The molecule has 0 saturated carbocycles. The Bertz CT molecular complexity index is 940. The summed E-state index contributed by atoms with van der Waals surface area (Å²) in [4.78, 5) is 18.7. The molecule has 8 nitrogen and oxygen atoms in total. The zero-order chi connectivity index (χ0) is 20.6. The van der Waals surface area contributed by atoms with Gasteiger partial charge in [0, 0.05) is 11.3 Å². The third-order valence-electron chi connectivity index (χ3n) is 4.34. The highest BCUT2D eigenvalue weighted by molar-refractivity contribution is 5.92. The van der Waals surface area contributed by atoms with E-state index in [4.69, 9.17) is 14.0 Å². The average molecular weight is 396 g/mol. The van der Waals surface area contributed by atoms with Crippen LogP contribution in [0.3, 0.4) is 0 Å². The van der Waals surface area contributed by atoms with Crippen molar-refractivity contribution in [1.82, 2.24) is 15.0 Å². The second-order valence-corrected chi connectivity index (χ2v) is 6.32. The maximum absolute atomic E-state index is 12.4. The van der Waals surface area contributed by atoms with E-state index in [1.165, 1.54) is 0 Å². The van der Waals surface area contributed by atoms with Crippen LogP contribution < -0.4 is 14.8 Å². The number of anilines is 1. The van der Waals surface area contributed by atoms with Crippen LogP contribution in [0.15, 0.2) is 53.1 Å². The van der Waals surface area contributed by atoms with E-state index in [9.17, 15) is 4.79 Å². The fourth-order valence-electron chi connectivity index (χ4n) is 2.75. The van der Waals surface area contributed by atoms with Gasteiger partial charge in [0.2, 0.25) is 17.6 Å². The van der Waals surface area contributed by atoms with Gasteiger partial charge in [0.1, 0.15) is 11.5 Å².